The molecule has 1 fully saturated rings. The highest BCUT2D eigenvalue weighted by molar-refractivity contribution is 8.15. The van der Waals surface area contributed by atoms with E-state index in [1.165, 1.54) is 11.8 Å². The number of carbonyl (C=O) groups is 3. The number of rotatable bonds is 13. The number of nitrogens with one attached hydrogen (secondary N) is 1. The van der Waals surface area contributed by atoms with Gasteiger partial charge in [-0.3, -0.25) is 14.5 Å². The van der Waals surface area contributed by atoms with Gasteiger partial charge in [-0.1, -0.05) is 30.8 Å². The smallest absolute Gasteiger partial charge is 0.338 e. The van der Waals surface area contributed by atoms with Gasteiger partial charge in [0.05, 0.1) is 31.6 Å². The number of hydrogen-bond donors (Lipinski definition) is 1. The van der Waals surface area contributed by atoms with Gasteiger partial charge in [0.15, 0.2) is 5.17 Å². The number of nitrogens with zero attached hydrogens (tertiary/aromatic N) is 2. The molecule has 3 aromatic carbocycles. The Balaban J connectivity index is 1.47. The molecule has 0 bridgehead atoms. The van der Waals surface area contributed by atoms with Crippen molar-refractivity contribution in [3.8, 4) is 11.5 Å². The molecule has 1 saturated heterocycles. The second kappa shape index (κ2) is 15.1. The lowest BCUT2D eigenvalue weighted by atomic mass is 10.1. The highest BCUT2D eigenvalue weighted by atomic mass is 32.2. The molecule has 0 aliphatic carbocycles. The van der Waals surface area contributed by atoms with Gasteiger partial charge in [0, 0.05) is 18.7 Å². The monoisotopic (exact) mass is 589 g/mol. The normalized spacial score (nSPS) is 15.5. The van der Waals surface area contributed by atoms with E-state index in [4.69, 9.17) is 19.2 Å². The number of esters is 1. The molecular weight excluding hydrogens is 554 g/mol. The molecule has 0 radical (unpaired) electrons. The molecule has 1 aliphatic rings. The van der Waals surface area contributed by atoms with Crippen LogP contribution < -0.4 is 14.8 Å². The number of amides is 2. The van der Waals surface area contributed by atoms with Gasteiger partial charge in [-0.25, -0.2) is 9.79 Å². The predicted octanol–water partition coefficient (Wildman–Crippen LogP) is 5.86. The molecule has 0 spiro atoms. The van der Waals surface area contributed by atoms with Crippen LogP contribution in [0.5, 0.6) is 11.5 Å². The van der Waals surface area contributed by atoms with Gasteiger partial charge in [0.1, 0.15) is 16.7 Å². The van der Waals surface area contributed by atoms with E-state index in [1.54, 1.807) is 67.5 Å². The lowest BCUT2D eigenvalue weighted by Crippen LogP contribution is -2.35. The first-order chi connectivity index (χ1) is 20.4. The molecule has 10 heteroatoms. The van der Waals surface area contributed by atoms with Crippen molar-refractivity contribution in [2.75, 3.05) is 32.2 Å². The highest BCUT2D eigenvalue weighted by Crippen LogP contribution is 2.32. The topological polar surface area (TPSA) is 107 Å². The molecule has 0 aromatic heterocycles. The quantitative estimate of drug-likeness (QED) is 0.249. The Bertz CT molecular complexity index is 1390. The van der Waals surface area contributed by atoms with E-state index in [9.17, 15) is 14.4 Å². The van der Waals surface area contributed by atoms with Crippen LogP contribution in [-0.4, -0.2) is 60.0 Å². The molecule has 1 atom stereocenters. The van der Waals surface area contributed by atoms with Gasteiger partial charge in [-0.05, 0) is 86.0 Å². The summed E-state index contributed by atoms with van der Waals surface area (Å²) in [7, 11) is 1.62. The molecule has 1 aliphatic heterocycles. The highest BCUT2D eigenvalue weighted by Gasteiger charge is 2.39. The number of ether oxygens (including phenoxy) is 3. The fraction of sp³-hybridized carbons (Fsp3) is 0.312. The van der Waals surface area contributed by atoms with Crippen molar-refractivity contribution in [3.05, 3.63) is 83.9 Å². The second-order valence-electron chi connectivity index (χ2n) is 9.48. The van der Waals surface area contributed by atoms with Gasteiger partial charge in [-0.15, -0.1) is 0 Å². The molecule has 0 saturated carbocycles. The number of aliphatic imine (C=N–C) groups is 1. The van der Waals surface area contributed by atoms with Gasteiger partial charge < -0.3 is 19.5 Å². The Labute approximate surface area is 250 Å². The van der Waals surface area contributed by atoms with Crippen molar-refractivity contribution in [1.82, 2.24) is 4.90 Å². The SMILES string of the molecule is CCCOc1ccc(NC(=O)C[C@H]2SC(=Nc3ccc(C(=O)OCC)cc3)N(CCc3ccc(OC)cc3)C2=O)cc1. The van der Waals surface area contributed by atoms with Crippen molar-refractivity contribution in [3.63, 3.8) is 0 Å². The number of anilines is 1. The molecule has 9 nitrogen and oxygen atoms in total. The number of carbonyl (C=O) groups excluding carboxylic acids is 3. The Morgan fingerprint density at radius 2 is 1.64 bits per heavy atom. The minimum absolute atomic E-state index is 0.00254. The lowest BCUT2D eigenvalue weighted by Gasteiger charge is -2.17. The Kier molecular flexibility index (Phi) is 11.0. The van der Waals surface area contributed by atoms with Gasteiger partial charge in [-0.2, -0.15) is 0 Å². The van der Waals surface area contributed by atoms with E-state index in [0.717, 1.165) is 23.5 Å². The van der Waals surface area contributed by atoms with Gasteiger partial charge in [0.2, 0.25) is 11.8 Å². The van der Waals surface area contributed by atoms with Crippen LogP contribution in [0.2, 0.25) is 0 Å². The maximum absolute atomic E-state index is 13.5. The summed E-state index contributed by atoms with van der Waals surface area (Å²) >= 11 is 1.27. The maximum atomic E-state index is 13.5. The molecule has 4 rings (SSSR count). The Hall–Kier alpha value is -4.31. The molecule has 220 valence electrons. The zero-order chi connectivity index (χ0) is 29.9. The van der Waals surface area contributed by atoms with E-state index < -0.39 is 11.2 Å². The average molecular weight is 590 g/mol. The summed E-state index contributed by atoms with van der Waals surface area (Å²) in [5, 5.41) is 2.76. The Morgan fingerprint density at radius 3 is 2.29 bits per heavy atom. The fourth-order valence-corrected chi connectivity index (χ4v) is 5.38. The number of benzene rings is 3. The van der Waals surface area contributed by atoms with Crippen LogP contribution in [0.3, 0.4) is 0 Å². The number of hydrogen-bond acceptors (Lipinski definition) is 8. The molecule has 3 aromatic rings. The van der Waals surface area contributed by atoms with Crippen molar-refractivity contribution in [2.24, 2.45) is 4.99 Å². The van der Waals surface area contributed by atoms with Crippen molar-refractivity contribution < 1.29 is 28.6 Å². The van der Waals surface area contributed by atoms with E-state index in [1.807, 2.05) is 31.2 Å². The standard InChI is InChI=1S/C32H35N3O6S/c1-4-20-41-27-16-12-24(13-17-27)33-29(36)21-28-30(37)35(19-18-22-6-14-26(39-3)15-7-22)32(42-28)34-25-10-8-23(9-11-25)31(38)40-5-2/h6-17,28H,4-5,18-21H2,1-3H3,(H,33,36)/t28-/m1/s1. The molecule has 1 heterocycles. The van der Waals surface area contributed by atoms with E-state index in [-0.39, 0.29) is 18.2 Å². The van der Waals surface area contributed by atoms with Gasteiger partial charge in [0.25, 0.3) is 0 Å². The van der Waals surface area contributed by atoms with E-state index in [0.29, 0.717) is 48.3 Å². The third-order valence-electron chi connectivity index (χ3n) is 6.39. The second-order valence-corrected chi connectivity index (χ2v) is 10.7. The first kappa shape index (κ1) is 30.6. The zero-order valence-electron chi connectivity index (χ0n) is 24.0. The molecule has 42 heavy (non-hydrogen) atoms. The average Bonchev–Trinajstić information content (AvgIpc) is 3.29. The summed E-state index contributed by atoms with van der Waals surface area (Å²) in [6, 6.07) is 21.5. The van der Waals surface area contributed by atoms with Crippen molar-refractivity contribution >= 4 is 46.1 Å². The summed E-state index contributed by atoms with van der Waals surface area (Å²) < 4.78 is 15.9. The van der Waals surface area contributed by atoms with Crippen LogP contribution in [0.1, 0.15) is 42.6 Å². The summed E-state index contributed by atoms with van der Waals surface area (Å²) in [6.45, 7) is 5.10. The van der Waals surface area contributed by atoms with Crippen molar-refractivity contribution in [1.29, 1.82) is 0 Å². The van der Waals surface area contributed by atoms with Crippen LogP contribution in [0.15, 0.2) is 77.8 Å². The number of methoxy groups -OCH3 is 1. The minimum atomic E-state index is -0.620. The van der Waals surface area contributed by atoms with Crippen molar-refractivity contribution in [2.45, 2.75) is 38.4 Å². The third kappa shape index (κ3) is 8.36. The first-order valence-electron chi connectivity index (χ1n) is 13.9. The van der Waals surface area contributed by atoms with Crippen LogP contribution >= 0.6 is 11.8 Å². The van der Waals surface area contributed by atoms with Crippen LogP contribution in [0.4, 0.5) is 11.4 Å². The first-order valence-corrected chi connectivity index (χ1v) is 14.8. The van der Waals surface area contributed by atoms with E-state index >= 15 is 0 Å². The summed E-state index contributed by atoms with van der Waals surface area (Å²) in [5.41, 5.74) is 2.68. The maximum Gasteiger partial charge on any atom is 0.338 e. The third-order valence-corrected chi connectivity index (χ3v) is 7.56. The summed E-state index contributed by atoms with van der Waals surface area (Å²) in [5.74, 6) is 0.652. The number of amidine groups is 1. The fourth-order valence-electron chi connectivity index (χ4n) is 4.20. The molecule has 1 N–H and O–H groups in total. The summed E-state index contributed by atoms with van der Waals surface area (Å²) in [6.07, 6.45) is 1.51. The number of thioether (sulfide) groups is 1. The zero-order valence-corrected chi connectivity index (χ0v) is 24.8. The molecule has 0 unspecified atom stereocenters. The predicted molar refractivity (Wildman–Crippen MR) is 165 cm³/mol. The minimum Gasteiger partial charge on any atom is -0.497 e. The Morgan fingerprint density at radius 1 is 0.952 bits per heavy atom. The van der Waals surface area contributed by atoms with Crippen LogP contribution in [0.25, 0.3) is 0 Å². The lowest BCUT2D eigenvalue weighted by molar-refractivity contribution is -0.128. The van der Waals surface area contributed by atoms with Gasteiger partial charge >= 0.3 is 5.97 Å². The molecule has 2 amide bonds. The van der Waals surface area contributed by atoms with Crippen LogP contribution in [0, 0.1) is 0 Å². The van der Waals surface area contributed by atoms with E-state index in [2.05, 4.69) is 5.32 Å². The largest absolute Gasteiger partial charge is 0.497 e. The summed E-state index contributed by atoms with van der Waals surface area (Å²) in [4.78, 5) is 44.8. The van der Waals surface area contributed by atoms with Crippen LogP contribution in [-0.2, 0) is 20.7 Å². The molecular formula is C32H35N3O6S.